The Balaban J connectivity index is 2.18. The minimum absolute atomic E-state index is 0.0740. The number of nitrogens with zero attached hydrogens (tertiary/aromatic N) is 2. The number of hydrogen-bond acceptors (Lipinski definition) is 2. The highest BCUT2D eigenvalue weighted by Gasteiger charge is 2.34. The van der Waals surface area contributed by atoms with Crippen molar-refractivity contribution < 1.29 is 9.18 Å². The maximum absolute atomic E-state index is 13.7. The van der Waals surface area contributed by atoms with E-state index >= 15 is 0 Å². The van der Waals surface area contributed by atoms with Gasteiger partial charge in [-0.1, -0.05) is 29.8 Å². The van der Waals surface area contributed by atoms with Crippen LogP contribution in [0.2, 0.25) is 5.15 Å². The third kappa shape index (κ3) is 2.71. The summed E-state index contributed by atoms with van der Waals surface area (Å²) < 4.78 is 13.7. The Morgan fingerprint density at radius 3 is 2.71 bits per heavy atom. The molecule has 0 radical (unpaired) electrons. The Kier molecular flexibility index (Phi) is 4.18. The quantitative estimate of drug-likeness (QED) is 0.578. The van der Waals surface area contributed by atoms with Crippen molar-refractivity contribution >= 4 is 23.2 Å². The Hall–Kier alpha value is -2.20. The molecule has 1 amide bonds. The number of rotatable bonds is 2. The molecule has 0 N–H and O–H groups in total. The fourth-order valence-corrected chi connectivity index (χ4v) is 3.63. The molecule has 124 valence electrons. The van der Waals surface area contributed by atoms with Gasteiger partial charge in [0.25, 0.3) is 5.91 Å². The molecule has 1 aromatic carbocycles. The Morgan fingerprint density at radius 1 is 1.38 bits per heavy atom. The van der Waals surface area contributed by atoms with Gasteiger partial charge in [0.05, 0.1) is 5.69 Å². The van der Waals surface area contributed by atoms with Crippen LogP contribution in [0.1, 0.15) is 40.0 Å². The minimum Gasteiger partial charge on any atom is -0.304 e. The molecule has 1 aliphatic heterocycles. The molecule has 0 spiro atoms. The summed E-state index contributed by atoms with van der Waals surface area (Å²) in [7, 11) is 0. The first-order chi connectivity index (χ1) is 11.3. The van der Waals surface area contributed by atoms with Gasteiger partial charge in [-0.3, -0.25) is 4.79 Å². The number of carbonyl (C=O) groups excluding carboxylic acids is 1. The Labute approximate surface area is 145 Å². The normalized spacial score (nSPS) is 17.0. The van der Waals surface area contributed by atoms with Crippen molar-refractivity contribution in [2.24, 2.45) is 0 Å². The van der Waals surface area contributed by atoms with E-state index in [9.17, 15) is 9.18 Å². The molecule has 1 aliphatic rings. The average Bonchev–Trinajstić information content (AvgIpc) is 2.48. The molecule has 3 nitrogen and oxygen atoms in total. The molecule has 1 unspecified atom stereocenters. The second-order valence-corrected chi connectivity index (χ2v) is 6.62. The summed E-state index contributed by atoms with van der Waals surface area (Å²) in [6, 6.07) is 6.21. The molecule has 2 heterocycles. The van der Waals surface area contributed by atoms with Gasteiger partial charge in [0.15, 0.2) is 5.15 Å². The molecule has 2 aromatic rings. The molecule has 24 heavy (non-hydrogen) atoms. The maximum Gasteiger partial charge on any atom is 0.258 e. The Bertz CT molecular complexity index is 839. The van der Waals surface area contributed by atoms with E-state index in [-0.39, 0.29) is 17.0 Å². The molecule has 0 saturated heterocycles. The lowest BCUT2D eigenvalue weighted by Crippen LogP contribution is -2.41. The zero-order valence-electron chi connectivity index (χ0n) is 13.9. The number of fused-ring (bicyclic) bond motifs is 1. The number of aromatic nitrogens is 1. The van der Waals surface area contributed by atoms with E-state index in [4.69, 9.17) is 11.6 Å². The van der Waals surface area contributed by atoms with E-state index in [2.05, 4.69) is 11.6 Å². The van der Waals surface area contributed by atoms with E-state index in [0.717, 1.165) is 22.4 Å². The topological polar surface area (TPSA) is 33.2 Å². The first kappa shape index (κ1) is 16.7. The second-order valence-electron chi connectivity index (χ2n) is 6.27. The van der Waals surface area contributed by atoms with Crippen molar-refractivity contribution in [3.8, 4) is 0 Å². The van der Waals surface area contributed by atoms with Crippen molar-refractivity contribution in [3.63, 3.8) is 0 Å². The van der Waals surface area contributed by atoms with E-state index in [1.165, 1.54) is 12.1 Å². The zero-order chi connectivity index (χ0) is 17.6. The number of aryl methyl sites for hydroxylation is 2. The summed E-state index contributed by atoms with van der Waals surface area (Å²) in [5.41, 5.74) is 4.29. The predicted octanol–water partition coefficient (Wildman–Crippen LogP) is 4.81. The van der Waals surface area contributed by atoms with Gasteiger partial charge in [0.2, 0.25) is 0 Å². The van der Waals surface area contributed by atoms with E-state index < -0.39 is 5.82 Å². The molecular weight excluding hydrogens is 327 g/mol. The van der Waals surface area contributed by atoms with Crippen LogP contribution in [0.3, 0.4) is 0 Å². The van der Waals surface area contributed by atoms with E-state index in [0.29, 0.717) is 17.8 Å². The smallest absolute Gasteiger partial charge is 0.258 e. The molecule has 5 heteroatoms. The molecule has 3 rings (SSSR count). The predicted molar refractivity (Wildman–Crippen MR) is 94.4 cm³/mol. The van der Waals surface area contributed by atoms with Gasteiger partial charge >= 0.3 is 0 Å². The number of hydrogen-bond donors (Lipinski definition) is 0. The number of anilines is 1. The molecule has 0 aliphatic carbocycles. The minimum atomic E-state index is -0.436. The van der Waals surface area contributed by atoms with Crippen LogP contribution in [0.4, 0.5) is 10.1 Å². The third-order valence-electron chi connectivity index (χ3n) is 4.37. The lowest BCUT2D eigenvalue weighted by atomic mass is 9.85. The lowest BCUT2D eigenvalue weighted by molar-refractivity contribution is 0.0977. The van der Waals surface area contributed by atoms with E-state index in [1.54, 1.807) is 11.0 Å². The van der Waals surface area contributed by atoms with Crippen LogP contribution < -0.4 is 4.90 Å². The van der Waals surface area contributed by atoms with Crippen molar-refractivity contribution in [1.82, 2.24) is 4.98 Å². The SMILES string of the molecule is C=C(C)C1CN(c2c(C)cc(C)nc2Cl)C(=O)c2cc(F)ccc21. The van der Waals surface area contributed by atoms with Crippen LogP contribution in [0.15, 0.2) is 36.4 Å². The van der Waals surface area contributed by atoms with Crippen LogP contribution in [-0.4, -0.2) is 17.4 Å². The standard InChI is InChI=1S/C19H18ClFN2O/c1-10(2)16-9-23(17-11(3)7-12(4)22-18(17)20)19(24)15-8-13(21)5-6-14(15)16/h5-8,16H,1,9H2,2-4H3. The average molecular weight is 345 g/mol. The number of pyridine rings is 1. The zero-order valence-corrected chi connectivity index (χ0v) is 14.6. The van der Waals surface area contributed by atoms with Crippen molar-refractivity contribution in [2.75, 3.05) is 11.4 Å². The first-order valence-electron chi connectivity index (χ1n) is 7.70. The maximum atomic E-state index is 13.7. The summed E-state index contributed by atoms with van der Waals surface area (Å²) in [6.45, 7) is 10.1. The fraction of sp³-hybridized carbons (Fsp3) is 0.263. The first-order valence-corrected chi connectivity index (χ1v) is 8.08. The van der Waals surface area contributed by atoms with Crippen LogP contribution in [-0.2, 0) is 0 Å². The number of carbonyl (C=O) groups is 1. The van der Waals surface area contributed by atoms with Gasteiger partial charge in [0, 0.05) is 23.7 Å². The van der Waals surface area contributed by atoms with Crippen LogP contribution in [0, 0.1) is 19.7 Å². The van der Waals surface area contributed by atoms with Crippen molar-refractivity contribution in [1.29, 1.82) is 0 Å². The fourth-order valence-electron chi connectivity index (χ4n) is 3.25. The van der Waals surface area contributed by atoms with Gasteiger partial charge in [0.1, 0.15) is 5.82 Å². The highest BCUT2D eigenvalue weighted by atomic mass is 35.5. The number of halogens is 2. The summed E-state index contributed by atoms with van der Waals surface area (Å²) in [5.74, 6) is -0.776. The highest BCUT2D eigenvalue weighted by molar-refractivity contribution is 6.33. The largest absolute Gasteiger partial charge is 0.304 e. The van der Waals surface area contributed by atoms with Gasteiger partial charge in [-0.25, -0.2) is 9.37 Å². The molecule has 0 saturated carbocycles. The number of amides is 1. The van der Waals surface area contributed by atoms with Crippen LogP contribution in [0.5, 0.6) is 0 Å². The van der Waals surface area contributed by atoms with Gasteiger partial charge in [-0.15, -0.1) is 0 Å². The van der Waals surface area contributed by atoms with Crippen molar-refractivity contribution in [3.05, 3.63) is 69.8 Å². The van der Waals surface area contributed by atoms with Gasteiger partial charge in [-0.2, -0.15) is 0 Å². The van der Waals surface area contributed by atoms with Crippen molar-refractivity contribution in [2.45, 2.75) is 26.7 Å². The second kappa shape index (κ2) is 6.02. The third-order valence-corrected chi connectivity index (χ3v) is 4.63. The monoisotopic (exact) mass is 344 g/mol. The highest BCUT2D eigenvalue weighted by Crippen LogP contribution is 2.38. The summed E-state index contributed by atoms with van der Waals surface area (Å²) in [6.07, 6.45) is 0. The van der Waals surface area contributed by atoms with Gasteiger partial charge < -0.3 is 4.90 Å². The van der Waals surface area contributed by atoms with E-state index in [1.807, 2.05) is 26.8 Å². The molecule has 0 bridgehead atoms. The van der Waals surface area contributed by atoms with Crippen LogP contribution in [0.25, 0.3) is 0 Å². The molecule has 1 atom stereocenters. The summed E-state index contributed by atoms with van der Waals surface area (Å²) in [4.78, 5) is 18.8. The van der Waals surface area contributed by atoms with Crippen LogP contribution >= 0.6 is 11.6 Å². The van der Waals surface area contributed by atoms with Gasteiger partial charge in [-0.05, 0) is 50.1 Å². The molecule has 1 aromatic heterocycles. The Morgan fingerprint density at radius 2 is 2.08 bits per heavy atom. The number of benzene rings is 1. The summed E-state index contributed by atoms with van der Waals surface area (Å²) in [5, 5.41) is 0.279. The lowest BCUT2D eigenvalue weighted by Gasteiger charge is -2.35. The molecular formula is C19H18ClFN2O. The molecule has 0 fully saturated rings. The summed E-state index contributed by atoms with van der Waals surface area (Å²) >= 11 is 6.32.